The van der Waals surface area contributed by atoms with Gasteiger partial charge in [-0.1, -0.05) is 18.9 Å². The van der Waals surface area contributed by atoms with Crippen LogP contribution in [0.3, 0.4) is 0 Å². The number of carbonyl (C=O) groups excluding carboxylic acids is 2. The van der Waals surface area contributed by atoms with Crippen LogP contribution >= 0.6 is 0 Å². The molecule has 1 aliphatic heterocycles. The molecule has 7 heteroatoms. The van der Waals surface area contributed by atoms with Gasteiger partial charge in [0.05, 0.1) is 0 Å². The van der Waals surface area contributed by atoms with Crippen LogP contribution in [0.5, 0.6) is 0 Å². The Bertz CT molecular complexity index is 818. The van der Waals surface area contributed by atoms with Crippen molar-refractivity contribution in [2.24, 2.45) is 0 Å². The Labute approximate surface area is 150 Å². The highest BCUT2D eigenvalue weighted by atomic mass is 19.2. The van der Waals surface area contributed by atoms with Crippen molar-refractivity contribution in [1.82, 2.24) is 9.88 Å². The average molecular weight is 359 g/mol. The average Bonchev–Trinajstić information content (AvgIpc) is 2.93. The van der Waals surface area contributed by atoms with Crippen molar-refractivity contribution in [3.05, 3.63) is 59.4 Å². The van der Waals surface area contributed by atoms with Crippen LogP contribution in [0.2, 0.25) is 0 Å². The number of benzene rings is 1. The number of likely N-dealkylation sites (tertiary alicyclic amines) is 1. The summed E-state index contributed by atoms with van der Waals surface area (Å²) in [6.07, 6.45) is 4.13. The number of hydrogen-bond acceptors (Lipinski definition) is 3. The van der Waals surface area contributed by atoms with Gasteiger partial charge in [0.15, 0.2) is 11.6 Å². The lowest BCUT2D eigenvalue weighted by atomic mass is 10.2. The summed E-state index contributed by atoms with van der Waals surface area (Å²) in [5.74, 6) is -2.84. The first-order chi connectivity index (χ1) is 12.5. The van der Waals surface area contributed by atoms with E-state index in [0.717, 1.165) is 37.8 Å². The lowest BCUT2D eigenvalue weighted by molar-refractivity contribution is 0.0755. The quantitative estimate of drug-likeness (QED) is 0.910. The van der Waals surface area contributed by atoms with Gasteiger partial charge in [0.25, 0.3) is 11.8 Å². The highest BCUT2D eigenvalue weighted by Gasteiger charge is 2.20. The van der Waals surface area contributed by atoms with Gasteiger partial charge in [-0.2, -0.15) is 0 Å². The molecular formula is C19H19F2N3O2. The van der Waals surface area contributed by atoms with Crippen molar-refractivity contribution in [2.75, 3.05) is 18.4 Å². The fourth-order valence-corrected chi connectivity index (χ4v) is 2.89. The van der Waals surface area contributed by atoms with E-state index in [0.29, 0.717) is 13.1 Å². The number of halogens is 2. The largest absolute Gasteiger partial charge is 0.337 e. The van der Waals surface area contributed by atoms with Gasteiger partial charge >= 0.3 is 0 Å². The van der Waals surface area contributed by atoms with Crippen LogP contribution in [-0.2, 0) is 0 Å². The van der Waals surface area contributed by atoms with Crippen molar-refractivity contribution in [1.29, 1.82) is 0 Å². The minimum atomic E-state index is -1.05. The highest BCUT2D eigenvalue weighted by molar-refractivity contribution is 6.03. The summed E-state index contributed by atoms with van der Waals surface area (Å²) in [4.78, 5) is 30.8. The van der Waals surface area contributed by atoms with Crippen LogP contribution in [0.4, 0.5) is 14.5 Å². The first-order valence-corrected chi connectivity index (χ1v) is 8.57. The number of amides is 2. The van der Waals surface area contributed by atoms with E-state index in [1.54, 1.807) is 17.0 Å². The molecule has 0 aliphatic carbocycles. The van der Waals surface area contributed by atoms with E-state index in [1.807, 2.05) is 0 Å². The molecule has 0 saturated carbocycles. The molecule has 0 bridgehead atoms. The monoisotopic (exact) mass is 359 g/mol. The molecule has 0 radical (unpaired) electrons. The summed E-state index contributed by atoms with van der Waals surface area (Å²) in [5, 5.41) is 2.45. The molecule has 0 spiro atoms. The molecule has 2 heterocycles. The third kappa shape index (κ3) is 4.22. The molecular weight excluding hydrogens is 340 g/mol. The van der Waals surface area contributed by atoms with E-state index in [-0.39, 0.29) is 23.0 Å². The molecule has 136 valence electrons. The Morgan fingerprint density at radius 1 is 0.923 bits per heavy atom. The second kappa shape index (κ2) is 8.03. The summed E-state index contributed by atoms with van der Waals surface area (Å²) in [7, 11) is 0. The molecule has 2 aromatic rings. The minimum Gasteiger partial charge on any atom is -0.337 e. The number of carbonyl (C=O) groups is 2. The van der Waals surface area contributed by atoms with Gasteiger partial charge < -0.3 is 10.2 Å². The Kier molecular flexibility index (Phi) is 5.55. The highest BCUT2D eigenvalue weighted by Crippen LogP contribution is 2.15. The van der Waals surface area contributed by atoms with Gasteiger partial charge in [-0.05, 0) is 37.1 Å². The molecule has 1 N–H and O–H groups in total. The van der Waals surface area contributed by atoms with E-state index in [1.165, 1.54) is 12.1 Å². The molecule has 1 aromatic carbocycles. The zero-order chi connectivity index (χ0) is 18.5. The van der Waals surface area contributed by atoms with E-state index < -0.39 is 17.5 Å². The second-order valence-electron chi connectivity index (χ2n) is 6.20. The van der Waals surface area contributed by atoms with Gasteiger partial charge in [0, 0.05) is 24.8 Å². The molecule has 5 nitrogen and oxygen atoms in total. The number of nitrogens with zero attached hydrogens (tertiary/aromatic N) is 2. The Morgan fingerprint density at radius 3 is 2.31 bits per heavy atom. The van der Waals surface area contributed by atoms with Crippen LogP contribution in [0.25, 0.3) is 0 Å². The van der Waals surface area contributed by atoms with E-state index in [4.69, 9.17) is 0 Å². The van der Waals surface area contributed by atoms with Crippen LogP contribution in [0.1, 0.15) is 46.7 Å². The summed E-state index contributed by atoms with van der Waals surface area (Å²) >= 11 is 0. The summed E-state index contributed by atoms with van der Waals surface area (Å²) in [5.41, 5.74) is 0.347. The fourth-order valence-electron chi connectivity index (χ4n) is 2.89. The predicted octanol–water partition coefficient (Wildman–Crippen LogP) is 3.63. The van der Waals surface area contributed by atoms with Gasteiger partial charge in [0.2, 0.25) is 0 Å². The SMILES string of the molecule is O=C(Nc1ccc(F)c(F)c1)c1cccc(C(=O)N2CCCCCC2)n1. The Morgan fingerprint density at radius 2 is 1.62 bits per heavy atom. The standard InChI is InChI=1S/C19H19F2N3O2/c20-14-9-8-13(12-15(14)21)22-18(25)16-6-5-7-17(23-16)19(26)24-10-3-1-2-4-11-24/h5-9,12H,1-4,10-11H2,(H,22,25). The first kappa shape index (κ1) is 18.0. The fraction of sp³-hybridized carbons (Fsp3) is 0.316. The summed E-state index contributed by atoms with van der Waals surface area (Å²) in [6, 6.07) is 7.69. The molecule has 26 heavy (non-hydrogen) atoms. The predicted molar refractivity (Wildman–Crippen MR) is 92.9 cm³/mol. The molecule has 1 saturated heterocycles. The normalized spacial score (nSPS) is 14.6. The molecule has 2 amide bonds. The van der Waals surface area contributed by atoms with Crippen molar-refractivity contribution in [2.45, 2.75) is 25.7 Å². The van der Waals surface area contributed by atoms with E-state index in [2.05, 4.69) is 10.3 Å². The molecule has 0 unspecified atom stereocenters. The van der Waals surface area contributed by atoms with E-state index >= 15 is 0 Å². The molecule has 1 aliphatic rings. The maximum atomic E-state index is 13.2. The van der Waals surface area contributed by atoms with Crippen molar-refractivity contribution in [3.8, 4) is 0 Å². The zero-order valence-electron chi connectivity index (χ0n) is 14.2. The lowest BCUT2D eigenvalue weighted by Crippen LogP contribution is -2.32. The third-order valence-corrected chi connectivity index (χ3v) is 4.27. The van der Waals surface area contributed by atoms with Crippen LogP contribution in [0, 0.1) is 11.6 Å². The zero-order valence-corrected chi connectivity index (χ0v) is 14.2. The number of pyridine rings is 1. The number of hydrogen-bond donors (Lipinski definition) is 1. The maximum absolute atomic E-state index is 13.2. The van der Waals surface area contributed by atoms with Crippen molar-refractivity contribution >= 4 is 17.5 Å². The number of aromatic nitrogens is 1. The number of anilines is 1. The Hall–Kier alpha value is -2.83. The smallest absolute Gasteiger partial charge is 0.274 e. The van der Waals surface area contributed by atoms with Crippen LogP contribution < -0.4 is 5.32 Å². The number of nitrogens with one attached hydrogen (secondary N) is 1. The topological polar surface area (TPSA) is 62.3 Å². The third-order valence-electron chi connectivity index (χ3n) is 4.27. The van der Waals surface area contributed by atoms with Crippen molar-refractivity contribution in [3.63, 3.8) is 0 Å². The Balaban J connectivity index is 1.74. The van der Waals surface area contributed by atoms with Gasteiger partial charge in [0.1, 0.15) is 11.4 Å². The molecule has 1 fully saturated rings. The molecule has 1 aromatic heterocycles. The van der Waals surface area contributed by atoms with Crippen LogP contribution in [0.15, 0.2) is 36.4 Å². The summed E-state index contributed by atoms with van der Waals surface area (Å²) in [6.45, 7) is 1.37. The van der Waals surface area contributed by atoms with Gasteiger partial charge in [-0.25, -0.2) is 13.8 Å². The lowest BCUT2D eigenvalue weighted by Gasteiger charge is -2.19. The first-order valence-electron chi connectivity index (χ1n) is 8.57. The van der Waals surface area contributed by atoms with Gasteiger partial charge in [-0.3, -0.25) is 9.59 Å². The molecule has 3 rings (SSSR count). The summed E-state index contributed by atoms with van der Waals surface area (Å²) < 4.78 is 26.2. The van der Waals surface area contributed by atoms with Crippen LogP contribution in [-0.4, -0.2) is 34.8 Å². The second-order valence-corrected chi connectivity index (χ2v) is 6.20. The molecule has 0 atom stereocenters. The van der Waals surface area contributed by atoms with Crippen molar-refractivity contribution < 1.29 is 18.4 Å². The van der Waals surface area contributed by atoms with Gasteiger partial charge in [-0.15, -0.1) is 0 Å². The number of rotatable bonds is 3. The van der Waals surface area contributed by atoms with E-state index in [9.17, 15) is 18.4 Å². The maximum Gasteiger partial charge on any atom is 0.274 e. The minimum absolute atomic E-state index is 0.0374.